The fourth-order valence-electron chi connectivity index (χ4n) is 1.23. The quantitative estimate of drug-likeness (QED) is 0.415. The fraction of sp³-hybridized carbons (Fsp3) is 0.818. The van der Waals surface area contributed by atoms with Crippen LogP contribution >= 0.6 is 0 Å². The summed E-state index contributed by atoms with van der Waals surface area (Å²) < 4.78 is 19.7. The number of methoxy groups -OCH3 is 2. The fourth-order valence-corrected chi connectivity index (χ4v) is 1.23. The molecule has 0 aromatic rings. The van der Waals surface area contributed by atoms with Crippen molar-refractivity contribution in [2.75, 3.05) is 27.4 Å². The van der Waals surface area contributed by atoms with E-state index in [1.165, 1.54) is 14.2 Å². The molecular weight excluding hydrogens is 228 g/mol. The Bertz CT molecular complexity index is 230. The Hall–Kier alpha value is -0.820. The van der Waals surface area contributed by atoms with Crippen LogP contribution in [0.4, 0.5) is 0 Å². The Kier molecular flexibility index (Phi) is 8.79. The van der Waals surface area contributed by atoms with E-state index in [1.54, 1.807) is 13.8 Å². The number of Topliss-reactive ketones (excluding diaryl/α,β-unsaturated/α-hetero) is 2. The second-order valence-electron chi connectivity index (χ2n) is 3.16. The number of hydrogen-bond donors (Lipinski definition) is 0. The summed E-state index contributed by atoms with van der Waals surface area (Å²) in [7, 11) is 2.66. The van der Waals surface area contributed by atoms with Crippen molar-refractivity contribution in [2.24, 2.45) is 0 Å². The molecule has 6 nitrogen and oxygen atoms in total. The second-order valence-corrected chi connectivity index (χ2v) is 3.16. The van der Waals surface area contributed by atoms with Crippen LogP contribution in [0.1, 0.15) is 20.3 Å². The highest BCUT2D eigenvalue weighted by molar-refractivity contribution is 6.01. The van der Waals surface area contributed by atoms with Gasteiger partial charge in [-0.15, -0.1) is 0 Å². The summed E-state index contributed by atoms with van der Waals surface area (Å²) >= 11 is 0. The minimum absolute atomic E-state index is 0.336. The van der Waals surface area contributed by atoms with Crippen molar-refractivity contribution in [3.8, 4) is 0 Å². The summed E-state index contributed by atoms with van der Waals surface area (Å²) in [4.78, 5) is 23.2. The molecule has 0 spiro atoms. The lowest BCUT2D eigenvalue weighted by molar-refractivity contribution is -0.173. The molecule has 0 fully saturated rings. The third-order valence-corrected chi connectivity index (χ3v) is 1.94. The van der Waals surface area contributed by atoms with Crippen LogP contribution in [-0.4, -0.2) is 51.6 Å². The van der Waals surface area contributed by atoms with Gasteiger partial charge in [-0.25, -0.2) is 0 Å². The molecule has 0 amide bonds. The van der Waals surface area contributed by atoms with E-state index in [9.17, 15) is 9.59 Å². The van der Waals surface area contributed by atoms with E-state index in [2.05, 4.69) is 0 Å². The lowest BCUT2D eigenvalue weighted by Crippen LogP contribution is -2.33. The van der Waals surface area contributed by atoms with Crippen molar-refractivity contribution in [1.29, 1.82) is 0 Å². The molecule has 17 heavy (non-hydrogen) atoms. The Morgan fingerprint density at radius 2 is 1.29 bits per heavy atom. The molecule has 0 unspecified atom stereocenters. The van der Waals surface area contributed by atoms with Crippen molar-refractivity contribution in [1.82, 2.24) is 0 Å². The summed E-state index contributed by atoms with van der Waals surface area (Å²) in [5.41, 5.74) is 0. The van der Waals surface area contributed by atoms with Gasteiger partial charge in [0.2, 0.25) is 12.6 Å². The summed E-state index contributed by atoms with van der Waals surface area (Å²) in [5.74, 6) is -0.887. The van der Waals surface area contributed by atoms with Crippen molar-refractivity contribution in [3.05, 3.63) is 0 Å². The first-order valence-electron chi connectivity index (χ1n) is 5.44. The highest BCUT2D eigenvalue weighted by Gasteiger charge is 2.26. The molecular formula is C11H20O6. The first-order chi connectivity index (χ1) is 8.10. The minimum atomic E-state index is -1.03. The van der Waals surface area contributed by atoms with Crippen molar-refractivity contribution < 1.29 is 28.5 Å². The molecule has 0 saturated carbocycles. The average molecular weight is 248 g/mol. The Balaban J connectivity index is 4.33. The summed E-state index contributed by atoms with van der Waals surface area (Å²) in [6.45, 7) is 4.16. The predicted molar refractivity (Wildman–Crippen MR) is 59.5 cm³/mol. The summed E-state index contributed by atoms with van der Waals surface area (Å²) in [5, 5.41) is 0. The Morgan fingerprint density at radius 3 is 1.65 bits per heavy atom. The van der Waals surface area contributed by atoms with Gasteiger partial charge in [0.15, 0.2) is 11.6 Å². The topological polar surface area (TPSA) is 71.1 Å². The van der Waals surface area contributed by atoms with E-state index >= 15 is 0 Å². The standard InChI is InChI=1S/C11H20O6/c1-5-16-11(17-6-2)9(13)7-8(12)10(14-3)15-4/h10-11H,5-7H2,1-4H3. The molecule has 0 atom stereocenters. The number of ether oxygens (including phenoxy) is 4. The van der Waals surface area contributed by atoms with Gasteiger partial charge in [0.1, 0.15) is 0 Å². The van der Waals surface area contributed by atoms with E-state index in [1.807, 2.05) is 0 Å². The molecule has 0 radical (unpaired) electrons. The smallest absolute Gasteiger partial charge is 0.218 e. The van der Waals surface area contributed by atoms with E-state index in [0.29, 0.717) is 13.2 Å². The van der Waals surface area contributed by atoms with Crippen LogP contribution in [0.2, 0.25) is 0 Å². The van der Waals surface area contributed by atoms with Gasteiger partial charge < -0.3 is 18.9 Å². The monoisotopic (exact) mass is 248 g/mol. The van der Waals surface area contributed by atoms with Gasteiger partial charge in [0.05, 0.1) is 6.42 Å². The minimum Gasteiger partial charge on any atom is -0.349 e. The highest BCUT2D eigenvalue weighted by Crippen LogP contribution is 2.05. The molecule has 6 heteroatoms. The highest BCUT2D eigenvalue weighted by atomic mass is 16.7. The Morgan fingerprint density at radius 1 is 0.882 bits per heavy atom. The number of ketones is 2. The zero-order chi connectivity index (χ0) is 13.3. The van der Waals surface area contributed by atoms with Crippen LogP contribution in [0.5, 0.6) is 0 Å². The molecule has 0 aliphatic heterocycles. The summed E-state index contributed by atoms with van der Waals surface area (Å²) in [6, 6.07) is 0. The Labute approximate surface area is 101 Å². The van der Waals surface area contributed by atoms with Crippen molar-refractivity contribution in [2.45, 2.75) is 32.8 Å². The molecule has 0 saturated heterocycles. The SMILES string of the molecule is CCOC(OCC)C(=O)CC(=O)C(OC)OC. The van der Waals surface area contributed by atoms with E-state index in [4.69, 9.17) is 18.9 Å². The number of carbonyl (C=O) groups excluding carboxylic acids is 2. The van der Waals surface area contributed by atoms with Gasteiger partial charge in [-0.2, -0.15) is 0 Å². The van der Waals surface area contributed by atoms with Gasteiger partial charge in [-0.1, -0.05) is 0 Å². The van der Waals surface area contributed by atoms with Crippen molar-refractivity contribution >= 4 is 11.6 Å². The lowest BCUT2D eigenvalue weighted by Gasteiger charge is -2.16. The largest absolute Gasteiger partial charge is 0.349 e. The first kappa shape index (κ1) is 16.2. The predicted octanol–water partition coefficient (Wildman–Crippen LogP) is 0.533. The van der Waals surface area contributed by atoms with Crippen LogP contribution in [0.25, 0.3) is 0 Å². The molecule has 100 valence electrons. The first-order valence-corrected chi connectivity index (χ1v) is 5.44. The van der Waals surface area contributed by atoms with Crippen LogP contribution in [0.3, 0.4) is 0 Å². The third-order valence-electron chi connectivity index (χ3n) is 1.94. The molecule has 0 bridgehead atoms. The van der Waals surface area contributed by atoms with E-state index in [-0.39, 0.29) is 6.42 Å². The molecule has 0 rings (SSSR count). The lowest BCUT2D eigenvalue weighted by atomic mass is 10.2. The van der Waals surface area contributed by atoms with E-state index < -0.39 is 24.1 Å². The molecule has 0 aliphatic rings. The van der Waals surface area contributed by atoms with Gasteiger partial charge in [-0.3, -0.25) is 9.59 Å². The molecule has 0 aromatic heterocycles. The third kappa shape index (κ3) is 5.88. The van der Waals surface area contributed by atoms with Crippen LogP contribution in [0.15, 0.2) is 0 Å². The maximum Gasteiger partial charge on any atom is 0.218 e. The maximum absolute atomic E-state index is 11.7. The summed E-state index contributed by atoms with van der Waals surface area (Å²) in [6.07, 6.45) is -2.36. The van der Waals surface area contributed by atoms with Crippen LogP contribution in [-0.2, 0) is 28.5 Å². The average Bonchev–Trinajstić information content (AvgIpc) is 2.30. The molecule has 0 aliphatic carbocycles. The maximum atomic E-state index is 11.7. The van der Waals surface area contributed by atoms with Gasteiger partial charge in [0, 0.05) is 27.4 Å². The normalized spacial score (nSPS) is 11.2. The van der Waals surface area contributed by atoms with E-state index in [0.717, 1.165) is 0 Å². The number of rotatable bonds is 10. The number of carbonyl (C=O) groups is 2. The van der Waals surface area contributed by atoms with Gasteiger partial charge in [-0.05, 0) is 13.8 Å². The van der Waals surface area contributed by atoms with Crippen LogP contribution < -0.4 is 0 Å². The van der Waals surface area contributed by atoms with Gasteiger partial charge >= 0.3 is 0 Å². The number of hydrogen-bond acceptors (Lipinski definition) is 6. The molecule has 0 heterocycles. The molecule has 0 N–H and O–H groups in total. The van der Waals surface area contributed by atoms with Gasteiger partial charge in [0.25, 0.3) is 0 Å². The molecule has 0 aromatic carbocycles. The second kappa shape index (κ2) is 9.23. The van der Waals surface area contributed by atoms with Crippen LogP contribution in [0, 0.1) is 0 Å². The zero-order valence-corrected chi connectivity index (χ0v) is 10.7. The zero-order valence-electron chi connectivity index (χ0n) is 10.7. The van der Waals surface area contributed by atoms with Crippen molar-refractivity contribution in [3.63, 3.8) is 0 Å².